The molecule has 1 aromatic heterocycles. The van der Waals surface area contributed by atoms with Gasteiger partial charge in [-0.3, -0.25) is 14.2 Å². The lowest BCUT2D eigenvalue weighted by Gasteiger charge is -2.35. The zero-order valence-electron chi connectivity index (χ0n) is 16.6. The quantitative estimate of drug-likeness (QED) is 0.819. The van der Waals surface area contributed by atoms with E-state index in [-0.39, 0.29) is 11.5 Å². The third-order valence-corrected chi connectivity index (χ3v) is 6.11. The molecule has 2 aromatic rings. The molecule has 0 N–H and O–H groups in total. The van der Waals surface area contributed by atoms with Gasteiger partial charge in [0.2, 0.25) is 0 Å². The Bertz CT molecular complexity index is 929. The van der Waals surface area contributed by atoms with Gasteiger partial charge in [0.1, 0.15) is 0 Å². The summed E-state index contributed by atoms with van der Waals surface area (Å²) < 4.78 is 7.55. The summed E-state index contributed by atoms with van der Waals surface area (Å²) in [5, 5.41) is 0. The summed E-state index contributed by atoms with van der Waals surface area (Å²) >= 11 is 0. The maximum atomic E-state index is 13.1. The molecule has 4 rings (SSSR count). The number of likely N-dealkylation sites (tertiary alicyclic amines) is 1. The normalized spacial score (nSPS) is 20.1. The SMILES string of the molecule is Cc1ncn(CC2CCN(C(=O)C3OCCc4ccccc43)CC2)c(=O)c1C. The van der Waals surface area contributed by atoms with Crippen LogP contribution in [0.15, 0.2) is 35.4 Å². The van der Waals surface area contributed by atoms with Crippen molar-refractivity contribution in [2.24, 2.45) is 5.92 Å². The van der Waals surface area contributed by atoms with Crippen LogP contribution in [-0.4, -0.2) is 40.1 Å². The highest BCUT2D eigenvalue weighted by molar-refractivity contribution is 5.83. The summed E-state index contributed by atoms with van der Waals surface area (Å²) in [6, 6.07) is 8.07. The zero-order valence-corrected chi connectivity index (χ0v) is 16.6. The molecule has 6 nitrogen and oxygen atoms in total. The smallest absolute Gasteiger partial charge is 0.256 e. The predicted octanol–water partition coefficient (Wildman–Crippen LogP) is 2.41. The van der Waals surface area contributed by atoms with E-state index in [2.05, 4.69) is 11.1 Å². The van der Waals surface area contributed by atoms with E-state index in [1.165, 1.54) is 5.56 Å². The van der Waals surface area contributed by atoms with E-state index in [4.69, 9.17) is 4.74 Å². The van der Waals surface area contributed by atoms with Crippen LogP contribution in [0.2, 0.25) is 0 Å². The van der Waals surface area contributed by atoms with Gasteiger partial charge in [0, 0.05) is 30.9 Å². The average molecular weight is 381 g/mol. The molecule has 1 amide bonds. The summed E-state index contributed by atoms with van der Waals surface area (Å²) in [5.41, 5.74) is 3.76. The number of carbonyl (C=O) groups is 1. The van der Waals surface area contributed by atoms with Crippen molar-refractivity contribution in [2.45, 2.75) is 45.8 Å². The first-order chi connectivity index (χ1) is 13.5. The lowest BCUT2D eigenvalue weighted by atomic mass is 9.94. The van der Waals surface area contributed by atoms with E-state index in [9.17, 15) is 9.59 Å². The number of hydrogen-bond acceptors (Lipinski definition) is 4. The Morgan fingerprint density at radius 3 is 2.75 bits per heavy atom. The molecule has 2 aliphatic rings. The predicted molar refractivity (Wildman–Crippen MR) is 106 cm³/mol. The van der Waals surface area contributed by atoms with Crippen LogP contribution in [0.4, 0.5) is 0 Å². The van der Waals surface area contributed by atoms with E-state index in [1.807, 2.05) is 36.9 Å². The monoisotopic (exact) mass is 381 g/mol. The highest BCUT2D eigenvalue weighted by Crippen LogP contribution is 2.30. The zero-order chi connectivity index (χ0) is 19.7. The number of fused-ring (bicyclic) bond motifs is 1. The highest BCUT2D eigenvalue weighted by Gasteiger charge is 2.33. The van der Waals surface area contributed by atoms with E-state index in [0.29, 0.717) is 37.7 Å². The van der Waals surface area contributed by atoms with Gasteiger partial charge in [-0.1, -0.05) is 24.3 Å². The van der Waals surface area contributed by atoms with Crippen molar-refractivity contribution in [1.82, 2.24) is 14.5 Å². The molecule has 3 heterocycles. The standard InChI is InChI=1S/C22H27N3O3/c1-15-16(2)23-14-25(21(15)26)13-17-7-10-24(11-8-17)22(27)20-19-6-4-3-5-18(19)9-12-28-20/h3-6,14,17,20H,7-13H2,1-2H3. The lowest BCUT2D eigenvalue weighted by molar-refractivity contribution is -0.146. The fourth-order valence-electron chi connectivity index (χ4n) is 4.18. The number of rotatable bonds is 3. The number of aromatic nitrogens is 2. The number of hydrogen-bond donors (Lipinski definition) is 0. The van der Waals surface area contributed by atoms with Crippen molar-refractivity contribution < 1.29 is 9.53 Å². The van der Waals surface area contributed by atoms with Crippen molar-refractivity contribution in [3.63, 3.8) is 0 Å². The lowest BCUT2D eigenvalue weighted by Crippen LogP contribution is -2.43. The Hall–Kier alpha value is -2.47. The molecule has 1 atom stereocenters. The van der Waals surface area contributed by atoms with Gasteiger partial charge in [-0.2, -0.15) is 0 Å². The Labute approximate surface area is 165 Å². The maximum absolute atomic E-state index is 13.1. The molecule has 0 radical (unpaired) electrons. The molecule has 1 unspecified atom stereocenters. The number of piperidine rings is 1. The number of benzene rings is 1. The largest absolute Gasteiger partial charge is 0.363 e. The molecule has 148 valence electrons. The van der Waals surface area contributed by atoms with E-state index < -0.39 is 6.10 Å². The van der Waals surface area contributed by atoms with Crippen LogP contribution >= 0.6 is 0 Å². The molecule has 1 aromatic carbocycles. The van der Waals surface area contributed by atoms with Gasteiger partial charge < -0.3 is 9.64 Å². The Kier molecular flexibility index (Phi) is 5.31. The van der Waals surface area contributed by atoms with Gasteiger partial charge in [-0.25, -0.2) is 4.98 Å². The van der Waals surface area contributed by atoms with Crippen LogP contribution in [0.25, 0.3) is 0 Å². The number of ether oxygens (including phenoxy) is 1. The molecule has 28 heavy (non-hydrogen) atoms. The summed E-state index contributed by atoms with van der Waals surface area (Å²) in [5.74, 6) is 0.445. The van der Waals surface area contributed by atoms with Crippen molar-refractivity contribution in [2.75, 3.05) is 19.7 Å². The number of amides is 1. The fourth-order valence-corrected chi connectivity index (χ4v) is 4.18. The van der Waals surface area contributed by atoms with Crippen molar-refractivity contribution in [1.29, 1.82) is 0 Å². The molecule has 6 heteroatoms. The first-order valence-electron chi connectivity index (χ1n) is 10.1. The van der Waals surface area contributed by atoms with E-state index >= 15 is 0 Å². The Balaban J connectivity index is 1.39. The maximum Gasteiger partial charge on any atom is 0.256 e. The van der Waals surface area contributed by atoms with Crippen LogP contribution < -0.4 is 5.56 Å². The summed E-state index contributed by atoms with van der Waals surface area (Å²) in [6.07, 6.45) is 3.81. The summed E-state index contributed by atoms with van der Waals surface area (Å²) in [7, 11) is 0. The first-order valence-corrected chi connectivity index (χ1v) is 10.1. The minimum atomic E-state index is -0.479. The molecule has 0 spiro atoms. The number of nitrogens with zero attached hydrogens (tertiary/aromatic N) is 3. The van der Waals surface area contributed by atoms with Crippen LogP contribution in [0, 0.1) is 19.8 Å². The van der Waals surface area contributed by atoms with Crippen molar-refractivity contribution in [3.05, 3.63) is 63.3 Å². The summed E-state index contributed by atoms with van der Waals surface area (Å²) in [6.45, 7) is 6.35. The minimum Gasteiger partial charge on any atom is -0.363 e. The van der Waals surface area contributed by atoms with Crippen molar-refractivity contribution in [3.8, 4) is 0 Å². The van der Waals surface area contributed by atoms with E-state index in [0.717, 1.165) is 30.5 Å². The Morgan fingerprint density at radius 1 is 1.21 bits per heavy atom. The fraction of sp³-hybridized carbons (Fsp3) is 0.500. The second-order valence-electron chi connectivity index (χ2n) is 7.88. The molecule has 1 fully saturated rings. The topological polar surface area (TPSA) is 64.4 Å². The number of aryl methyl sites for hydroxylation is 1. The Morgan fingerprint density at radius 2 is 1.96 bits per heavy atom. The minimum absolute atomic E-state index is 0.0400. The van der Waals surface area contributed by atoms with Crippen molar-refractivity contribution >= 4 is 5.91 Å². The highest BCUT2D eigenvalue weighted by atomic mass is 16.5. The first kappa shape index (κ1) is 18.9. The van der Waals surface area contributed by atoms with E-state index in [1.54, 1.807) is 10.9 Å². The van der Waals surface area contributed by atoms with Gasteiger partial charge in [0.25, 0.3) is 11.5 Å². The van der Waals surface area contributed by atoms with Gasteiger partial charge in [-0.05, 0) is 50.2 Å². The third-order valence-electron chi connectivity index (χ3n) is 6.11. The second-order valence-corrected chi connectivity index (χ2v) is 7.88. The summed E-state index contributed by atoms with van der Waals surface area (Å²) in [4.78, 5) is 31.7. The molecule has 0 saturated carbocycles. The van der Waals surface area contributed by atoms with Crippen LogP contribution in [0.5, 0.6) is 0 Å². The van der Waals surface area contributed by atoms with Crippen LogP contribution in [-0.2, 0) is 22.5 Å². The molecular weight excluding hydrogens is 354 g/mol. The second kappa shape index (κ2) is 7.87. The van der Waals surface area contributed by atoms with Gasteiger partial charge >= 0.3 is 0 Å². The molecule has 2 aliphatic heterocycles. The van der Waals surface area contributed by atoms with Crippen LogP contribution in [0.3, 0.4) is 0 Å². The van der Waals surface area contributed by atoms with Gasteiger partial charge in [0.05, 0.1) is 12.9 Å². The van der Waals surface area contributed by atoms with Gasteiger partial charge in [-0.15, -0.1) is 0 Å². The molecule has 0 aliphatic carbocycles. The van der Waals surface area contributed by atoms with Gasteiger partial charge in [0.15, 0.2) is 6.10 Å². The average Bonchev–Trinajstić information content (AvgIpc) is 2.74. The molecular formula is C22H27N3O3. The molecule has 1 saturated heterocycles. The molecule has 0 bridgehead atoms. The third kappa shape index (κ3) is 3.61. The number of carbonyl (C=O) groups excluding carboxylic acids is 1. The van der Waals surface area contributed by atoms with Crippen LogP contribution in [0.1, 0.15) is 41.3 Å².